The van der Waals surface area contributed by atoms with Crippen molar-refractivity contribution in [1.82, 2.24) is 0 Å². The highest BCUT2D eigenvalue weighted by Gasteiger charge is 1.88. The fraction of sp³-hybridized carbons (Fsp3) is 0. The van der Waals surface area contributed by atoms with Crippen molar-refractivity contribution in [3.63, 3.8) is 0 Å². The molecular formula is C12H11NP2. The van der Waals surface area contributed by atoms with Gasteiger partial charge in [0, 0.05) is 22.4 Å². The Kier molecular flexibility index (Phi) is 4.02. The van der Waals surface area contributed by atoms with Crippen LogP contribution in [0.1, 0.15) is 0 Å². The maximum Gasteiger partial charge on any atom is 0.0439 e. The molecule has 0 fully saturated rings. The fourth-order valence-corrected chi connectivity index (χ4v) is 2.92. The van der Waals surface area contributed by atoms with Gasteiger partial charge in [-0.3, -0.25) is 0 Å². The van der Waals surface area contributed by atoms with Crippen LogP contribution in [0, 0.1) is 0 Å². The Labute approximate surface area is 93.3 Å². The molecule has 2 rings (SSSR count). The topological polar surface area (TPSA) is 12.4 Å². The van der Waals surface area contributed by atoms with Crippen molar-refractivity contribution in [3.8, 4) is 0 Å². The molecule has 2 aromatic carbocycles. The summed E-state index contributed by atoms with van der Waals surface area (Å²) < 4.78 is 4.51. The van der Waals surface area contributed by atoms with Crippen molar-refractivity contribution in [2.75, 3.05) is 0 Å². The first-order chi connectivity index (χ1) is 7.45. The second-order valence-electron chi connectivity index (χ2n) is 3.01. The average Bonchev–Trinajstić information content (AvgIpc) is 2.32. The summed E-state index contributed by atoms with van der Waals surface area (Å²) in [7, 11) is 1.60. The molecule has 1 unspecified atom stereocenters. The van der Waals surface area contributed by atoms with Crippen molar-refractivity contribution in [2.24, 2.45) is 4.52 Å². The minimum Gasteiger partial charge on any atom is -0.239 e. The first-order valence-electron chi connectivity index (χ1n) is 4.72. The van der Waals surface area contributed by atoms with Gasteiger partial charge in [0.15, 0.2) is 0 Å². The lowest BCUT2D eigenvalue weighted by molar-refractivity contribution is 1.77. The minimum atomic E-state index is 0.543. The lowest BCUT2D eigenvalue weighted by Crippen LogP contribution is -1.89. The van der Waals surface area contributed by atoms with E-state index in [0.29, 0.717) is 8.73 Å². The molecule has 0 radical (unpaired) electrons. The molecule has 74 valence electrons. The van der Waals surface area contributed by atoms with Gasteiger partial charge in [0.25, 0.3) is 0 Å². The number of hydrogen-bond acceptors (Lipinski definition) is 1. The molecule has 0 aliphatic carbocycles. The second-order valence-corrected chi connectivity index (χ2v) is 5.33. The fourth-order valence-electron chi connectivity index (χ4n) is 1.15. The van der Waals surface area contributed by atoms with E-state index in [1.807, 2.05) is 24.3 Å². The Bertz CT molecular complexity index is 426. The van der Waals surface area contributed by atoms with E-state index in [1.165, 1.54) is 10.6 Å². The van der Waals surface area contributed by atoms with E-state index in [-0.39, 0.29) is 0 Å². The van der Waals surface area contributed by atoms with Crippen molar-refractivity contribution in [1.29, 1.82) is 0 Å². The molecule has 0 bridgehead atoms. The Morgan fingerprint density at radius 3 is 2.07 bits per heavy atom. The molecule has 0 aliphatic heterocycles. The summed E-state index contributed by atoms with van der Waals surface area (Å²) >= 11 is 0. The van der Waals surface area contributed by atoms with E-state index in [2.05, 4.69) is 40.9 Å². The Morgan fingerprint density at radius 2 is 1.40 bits per heavy atom. The molecular weight excluding hydrogens is 220 g/mol. The van der Waals surface area contributed by atoms with Crippen LogP contribution in [0.15, 0.2) is 65.2 Å². The summed E-state index contributed by atoms with van der Waals surface area (Å²) in [6.07, 6.45) is 0. The quantitative estimate of drug-likeness (QED) is 0.718. The van der Waals surface area contributed by atoms with Gasteiger partial charge < -0.3 is 0 Å². The summed E-state index contributed by atoms with van der Waals surface area (Å²) in [5.41, 5.74) is 0. The first kappa shape index (κ1) is 10.5. The molecule has 0 heterocycles. The van der Waals surface area contributed by atoms with Gasteiger partial charge in [0.05, 0.1) is 0 Å². The number of rotatable bonds is 3. The zero-order valence-electron chi connectivity index (χ0n) is 8.17. The highest BCUT2D eigenvalue weighted by molar-refractivity contribution is 7.53. The normalized spacial score (nSPS) is 11.5. The van der Waals surface area contributed by atoms with E-state index in [0.717, 1.165) is 8.37 Å². The molecule has 0 spiro atoms. The molecule has 0 saturated carbocycles. The highest BCUT2D eigenvalue weighted by Crippen LogP contribution is 2.17. The predicted octanol–water partition coefficient (Wildman–Crippen LogP) is 3.36. The van der Waals surface area contributed by atoms with Crippen LogP contribution in [0.2, 0.25) is 0 Å². The average molecular weight is 231 g/mol. The molecule has 3 heteroatoms. The van der Waals surface area contributed by atoms with Crippen molar-refractivity contribution in [3.05, 3.63) is 60.7 Å². The van der Waals surface area contributed by atoms with Gasteiger partial charge in [0.1, 0.15) is 0 Å². The van der Waals surface area contributed by atoms with E-state index in [9.17, 15) is 0 Å². The van der Waals surface area contributed by atoms with Crippen LogP contribution in [-0.2, 0) is 0 Å². The number of benzene rings is 2. The molecule has 0 N–H and O–H groups in total. The molecule has 0 aliphatic rings. The van der Waals surface area contributed by atoms with E-state index < -0.39 is 0 Å². The van der Waals surface area contributed by atoms with Gasteiger partial charge in [0.2, 0.25) is 0 Å². The Hall–Kier alpha value is -1.03. The summed E-state index contributed by atoms with van der Waals surface area (Å²) in [6, 6.07) is 20.7. The van der Waals surface area contributed by atoms with E-state index in [4.69, 9.17) is 0 Å². The molecule has 15 heavy (non-hydrogen) atoms. The largest absolute Gasteiger partial charge is 0.239 e. The van der Waals surface area contributed by atoms with Gasteiger partial charge in [-0.1, -0.05) is 48.5 Å². The first-order valence-corrected chi connectivity index (χ1v) is 6.51. The number of nitrogens with zero attached hydrogens (tertiary/aromatic N) is 1. The molecule has 0 aromatic heterocycles. The van der Waals surface area contributed by atoms with Crippen LogP contribution in [0.3, 0.4) is 0 Å². The molecule has 0 saturated heterocycles. The third kappa shape index (κ3) is 3.55. The van der Waals surface area contributed by atoms with E-state index >= 15 is 0 Å². The molecule has 0 amide bonds. The van der Waals surface area contributed by atoms with Crippen molar-refractivity contribution < 1.29 is 0 Å². The zero-order chi connectivity index (χ0) is 10.3. The standard InChI is InChI=1S/C12H11NP2/c1-3-7-11(8-4-1)14-13-15-12-9-5-2-6-10-12/h1-10,14H. The lowest BCUT2D eigenvalue weighted by Gasteiger charge is -1.93. The highest BCUT2D eigenvalue weighted by atomic mass is 31.1. The van der Waals surface area contributed by atoms with Crippen LogP contribution in [0.25, 0.3) is 0 Å². The van der Waals surface area contributed by atoms with Gasteiger partial charge in [-0.05, 0) is 17.4 Å². The Morgan fingerprint density at radius 1 is 0.800 bits per heavy atom. The van der Waals surface area contributed by atoms with Gasteiger partial charge in [-0.25, -0.2) is 4.52 Å². The maximum atomic E-state index is 4.51. The van der Waals surface area contributed by atoms with E-state index in [1.54, 1.807) is 0 Å². The zero-order valence-corrected chi connectivity index (χ0v) is 10.1. The lowest BCUT2D eigenvalue weighted by atomic mass is 10.4. The third-order valence-corrected chi connectivity index (χ3v) is 3.80. The monoisotopic (exact) mass is 231 g/mol. The maximum absolute atomic E-state index is 4.51. The predicted molar refractivity (Wildman–Crippen MR) is 69.8 cm³/mol. The summed E-state index contributed by atoms with van der Waals surface area (Å²) in [5.74, 6) is 0. The number of hydrogen-bond donors (Lipinski definition) is 0. The third-order valence-electron chi connectivity index (χ3n) is 1.87. The smallest absolute Gasteiger partial charge is 0.0439 e. The molecule has 1 atom stereocenters. The minimum absolute atomic E-state index is 0.543. The van der Waals surface area contributed by atoms with Gasteiger partial charge in [-0.15, -0.1) is 0 Å². The van der Waals surface area contributed by atoms with Crippen LogP contribution >= 0.6 is 17.1 Å². The van der Waals surface area contributed by atoms with Crippen LogP contribution in [-0.4, -0.2) is 0 Å². The van der Waals surface area contributed by atoms with Gasteiger partial charge in [-0.2, -0.15) is 0 Å². The SMILES string of the molecule is c1ccc(P=NPc2ccccc2)cc1. The van der Waals surface area contributed by atoms with Crippen LogP contribution in [0.5, 0.6) is 0 Å². The molecule has 1 nitrogen and oxygen atoms in total. The van der Waals surface area contributed by atoms with Gasteiger partial charge >= 0.3 is 0 Å². The second kappa shape index (κ2) is 5.75. The van der Waals surface area contributed by atoms with Crippen LogP contribution in [0.4, 0.5) is 0 Å². The van der Waals surface area contributed by atoms with Crippen molar-refractivity contribution >= 4 is 27.7 Å². The van der Waals surface area contributed by atoms with Crippen LogP contribution < -0.4 is 10.6 Å². The summed E-state index contributed by atoms with van der Waals surface area (Å²) in [5, 5.41) is 2.54. The summed E-state index contributed by atoms with van der Waals surface area (Å²) in [6.45, 7) is 0. The molecule has 2 aromatic rings. The Balaban J connectivity index is 1.97. The van der Waals surface area contributed by atoms with Crippen molar-refractivity contribution in [2.45, 2.75) is 0 Å². The summed E-state index contributed by atoms with van der Waals surface area (Å²) in [4.78, 5) is 0.